The number of allylic oxidation sites excluding steroid dienone is 1. The first-order valence-corrected chi connectivity index (χ1v) is 5.30. The Morgan fingerprint density at radius 3 is 2.46 bits per heavy atom. The van der Waals surface area contributed by atoms with Crippen LogP contribution in [-0.2, 0) is 0 Å². The number of unbranched alkanes of at least 4 members (excludes halogenated alkanes) is 3. The van der Waals surface area contributed by atoms with E-state index in [1.165, 1.54) is 38.8 Å². The highest BCUT2D eigenvalue weighted by molar-refractivity contribution is 4.66. The lowest BCUT2D eigenvalue weighted by Gasteiger charge is -2.15. The molecule has 0 rings (SSSR count). The maximum absolute atomic E-state index is 5.42. The summed E-state index contributed by atoms with van der Waals surface area (Å²) >= 11 is 0. The Morgan fingerprint density at radius 2 is 1.85 bits per heavy atom. The molecule has 0 amide bonds. The summed E-state index contributed by atoms with van der Waals surface area (Å²) in [6, 6.07) is 0. The van der Waals surface area contributed by atoms with Gasteiger partial charge in [0.05, 0.1) is 0 Å². The second-order valence-electron chi connectivity index (χ2n) is 3.58. The van der Waals surface area contributed by atoms with Gasteiger partial charge in [0.2, 0.25) is 0 Å². The molecule has 2 heteroatoms. The molecule has 0 saturated heterocycles. The molecule has 0 saturated carbocycles. The number of nitrogens with zero attached hydrogens (tertiary/aromatic N) is 1. The van der Waals surface area contributed by atoms with Crippen LogP contribution in [0.5, 0.6) is 0 Å². The molecule has 0 aromatic rings. The maximum Gasteiger partial charge on any atom is -0.00188 e. The molecule has 0 atom stereocenters. The summed E-state index contributed by atoms with van der Waals surface area (Å²) in [4.78, 5) is 2.39. The smallest absolute Gasteiger partial charge is 0.00188 e. The van der Waals surface area contributed by atoms with Crippen LogP contribution >= 0.6 is 0 Å². The third-order valence-electron chi connectivity index (χ3n) is 2.19. The fourth-order valence-corrected chi connectivity index (χ4v) is 1.32. The van der Waals surface area contributed by atoms with Gasteiger partial charge in [0.15, 0.2) is 0 Å². The normalized spacial score (nSPS) is 10.7. The van der Waals surface area contributed by atoms with Crippen LogP contribution in [0, 0.1) is 0 Å². The lowest BCUT2D eigenvalue weighted by atomic mass is 10.2. The van der Waals surface area contributed by atoms with Crippen LogP contribution in [0.3, 0.4) is 0 Å². The Balaban J connectivity index is 3.09. The zero-order valence-corrected chi connectivity index (χ0v) is 8.97. The highest BCUT2D eigenvalue weighted by Gasteiger charge is 1.96. The maximum atomic E-state index is 5.42. The predicted octanol–water partition coefficient (Wildman–Crippen LogP) is 2.01. The fourth-order valence-electron chi connectivity index (χ4n) is 1.32. The molecule has 0 radical (unpaired) electrons. The van der Waals surface area contributed by atoms with E-state index in [2.05, 4.69) is 18.5 Å². The lowest BCUT2D eigenvalue weighted by Crippen LogP contribution is -2.20. The van der Waals surface area contributed by atoms with Crippen LogP contribution in [0.25, 0.3) is 0 Å². The van der Waals surface area contributed by atoms with Crippen molar-refractivity contribution >= 4 is 0 Å². The van der Waals surface area contributed by atoms with Crippen molar-refractivity contribution in [2.75, 3.05) is 26.7 Å². The van der Waals surface area contributed by atoms with Crippen molar-refractivity contribution in [1.29, 1.82) is 0 Å². The van der Waals surface area contributed by atoms with Crippen molar-refractivity contribution in [3.8, 4) is 0 Å². The van der Waals surface area contributed by atoms with Crippen LogP contribution in [0.4, 0.5) is 0 Å². The molecule has 0 aromatic carbocycles. The van der Waals surface area contributed by atoms with E-state index in [1.54, 1.807) is 0 Å². The third kappa shape index (κ3) is 9.57. The van der Waals surface area contributed by atoms with E-state index < -0.39 is 0 Å². The van der Waals surface area contributed by atoms with E-state index in [0.717, 1.165) is 13.0 Å². The quantitative estimate of drug-likeness (QED) is 0.439. The van der Waals surface area contributed by atoms with Gasteiger partial charge in [-0.3, -0.25) is 0 Å². The van der Waals surface area contributed by atoms with Crippen LogP contribution < -0.4 is 5.73 Å². The van der Waals surface area contributed by atoms with Crippen LogP contribution in [0.2, 0.25) is 0 Å². The Bertz CT molecular complexity index is 113. The SMILES string of the molecule is C=CCCCN(C)CCCCCN. The molecule has 13 heavy (non-hydrogen) atoms. The van der Waals surface area contributed by atoms with Gasteiger partial charge in [0, 0.05) is 0 Å². The monoisotopic (exact) mass is 184 g/mol. The van der Waals surface area contributed by atoms with Gasteiger partial charge in [0.1, 0.15) is 0 Å². The average molecular weight is 184 g/mol. The molecule has 0 spiro atoms. The van der Waals surface area contributed by atoms with Gasteiger partial charge in [-0.25, -0.2) is 0 Å². The number of hydrogen-bond acceptors (Lipinski definition) is 2. The second kappa shape index (κ2) is 9.75. The van der Waals surface area contributed by atoms with E-state index in [1.807, 2.05) is 6.08 Å². The summed E-state index contributed by atoms with van der Waals surface area (Å²) in [7, 11) is 2.19. The second-order valence-corrected chi connectivity index (χ2v) is 3.58. The van der Waals surface area contributed by atoms with E-state index in [-0.39, 0.29) is 0 Å². The molecule has 0 aromatic heterocycles. The summed E-state index contributed by atoms with van der Waals surface area (Å²) in [5.74, 6) is 0. The first-order chi connectivity index (χ1) is 6.31. The molecule has 0 aliphatic carbocycles. The molecule has 0 heterocycles. The van der Waals surface area contributed by atoms with Crippen molar-refractivity contribution in [3.63, 3.8) is 0 Å². The first kappa shape index (κ1) is 12.7. The Kier molecular flexibility index (Phi) is 9.49. The molecule has 2 N–H and O–H groups in total. The van der Waals surface area contributed by atoms with Gasteiger partial charge in [-0.1, -0.05) is 12.5 Å². The molecule has 0 aliphatic heterocycles. The number of nitrogens with two attached hydrogens (primary N) is 1. The number of rotatable bonds is 9. The minimum Gasteiger partial charge on any atom is -0.330 e. The Hall–Kier alpha value is -0.340. The van der Waals surface area contributed by atoms with Gasteiger partial charge < -0.3 is 10.6 Å². The van der Waals surface area contributed by atoms with E-state index >= 15 is 0 Å². The molecular weight excluding hydrogens is 160 g/mol. The summed E-state index contributed by atoms with van der Waals surface area (Å²) in [6.07, 6.45) is 8.07. The van der Waals surface area contributed by atoms with Crippen molar-refractivity contribution in [2.24, 2.45) is 5.73 Å². The standard InChI is InChI=1S/C11H24N2/c1-3-4-7-10-13(2)11-8-5-6-9-12/h3H,1,4-12H2,2H3. The molecule has 2 nitrogen and oxygen atoms in total. The summed E-state index contributed by atoms with van der Waals surface area (Å²) in [5, 5.41) is 0. The van der Waals surface area contributed by atoms with Gasteiger partial charge >= 0.3 is 0 Å². The molecule has 0 fully saturated rings. The Labute approximate surface area is 82.8 Å². The topological polar surface area (TPSA) is 29.3 Å². The summed E-state index contributed by atoms with van der Waals surface area (Å²) < 4.78 is 0. The van der Waals surface area contributed by atoms with Crippen LogP contribution in [-0.4, -0.2) is 31.6 Å². The Morgan fingerprint density at radius 1 is 1.15 bits per heavy atom. The fraction of sp³-hybridized carbons (Fsp3) is 0.818. The summed E-state index contributed by atoms with van der Waals surface area (Å²) in [6.45, 7) is 6.94. The average Bonchev–Trinajstić information content (AvgIpc) is 2.13. The first-order valence-electron chi connectivity index (χ1n) is 5.30. The highest BCUT2D eigenvalue weighted by atomic mass is 15.1. The summed E-state index contributed by atoms with van der Waals surface area (Å²) in [5.41, 5.74) is 5.42. The van der Waals surface area contributed by atoms with Gasteiger partial charge in [-0.05, 0) is 52.4 Å². The van der Waals surface area contributed by atoms with Gasteiger partial charge in [-0.2, -0.15) is 0 Å². The van der Waals surface area contributed by atoms with E-state index in [0.29, 0.717) is 0 Å². The van der Waals surface area contributed by atoms with Crippen molar-refractivity contribution in [2.45, 2.75) is 32.1 Å². The molecule has 0 aliphatic rings. The van der Waals surface area contributed by atoms with E-state index in [4.69, 9.17) is 5.73 Å². The molecule has 78 valence electrons. The number of hydrogen-bond donors (Lipinski definition) is 1. The third-order valence-corrected chi connectivity index (χ3v) is 2.19. The highest BCUT2D eigenvalue weighted by Crippen LogP contribution is 1.98. The van der Waals surface area contributed by atoms with Crippen molar-refractivity contribution in [3.05, 3.63) is 12.7 Å². The minimum atomic E-state index is 0.834. The van der Waals surface area contributed by atoms with Gasteiger partial charge in [-0.15, -0.1) is 6.58 Å². The van der Waals surface area contributed by atoms with Gasteiger partial charge in [0.25, 0.3) is 0 Å². The molecule has 0 bridgehead atoms. The van der Waals surface area contributed by atoms with E-state index in [9.17, 15) is 0 Å². The van der Waals surface area contributed by atoms with Crippen molar-refractivity contribution in [1.82, 2.24) is 4.90 Å². The van der Waals surface area contributed by atoms with Crippen LogP contribution in [0.1, 0.15) is 32.1 Å². The predicted molar refractivity (Wildman–Crippen MR) is 59.8 cm³/mol. The van der Waals surface area contributed by atoms with Crippen LogP contribution in [0.15, 0.2) is 12.7 Å². The minimum absolute atomic E-state index is 0.834. The molecule has 0 unspecified atom stereocenters. The largest absolute Gasteiger partial charge is 0.330 e. The lowest BCUT2D eigenvalue weighted by molar-refractivity contribution is 0.321. The zero-order chi connectivity index (χ0) is 9.94. The molecular formula is C11H24N2. The van der Waals surface area contributed by atoms with Crippen molar-refractivity contribution < 1.29 is 0 Å². The zero-order valence-electron chi connectivity index (χ0n) is 8.97.